The normalized spacial score (nSPS) is 28.4. The third kappa shape index (κ3) is 3.58. The molecule has 3 heterocycles. The van der Waals surface area contributed by atoms with Crippen molar-refractivity contribution in [1.29, 1.82) is 0 Å². The Bertz CT molecular complexity index is 801. The summed E-state index contributed by atoms with van der Waals surface area (Å²) in [5, 5.41) is 19.8. The molecule has 2 saturated heterocycles. The lowest BCUT2D eigenvalue weighted by Crippen LogP contribution is -2.61. The summed E-state index contributed by atoms with van der Waals surface area (Å²) < 4.78 is 0.711. The van der Waals surface area contributed by atoms with Crippen molar-refractivity contribution in [2.45, 2.75) is 43.0 Å². The molecule has 2 fully saturated rings. The number of carbonyl (C=O) groups excluding carboxylic acids is 1. The number of amides is 1. The highest BCUT2D eigenvalue weighted by atomic mass is 32.2. The van der Waals surface area contributed by atoms with Gasteiger partial charge in [0.25, 0.3) is 0 Å². The fourth-order valence-electron chi connectivity index (χ4n) is 4.03. The zero-order valence-electron chi connectivity index (χ0n) is 15.7. The van der Waals surface area contributed by atoms with Gasteiger partial charge in [0.05, 0.1) is 16.3 Å². The fraction of sp³-hybridized carbons (Fsp3) is 0.500. The van der Waals surface area contributed by atoms with Gasteiger partial charge < -0.3 is 10.2 Å². The number of carboxylic acid groups (broad SMARTS) is 1. The van der Waals surface area contributed by atoms with E-state index in [1.54, 1.807) is 11.8 Å². The van der Waals surface area contributed by atoms with Crippen LogP contribution in [0.15, 0.2) is 40.3 Å². The molecular weight excluding hydrogens is 396 g/mol. The molecule has 150 valence electrons. The highest BCUT2D eigenvalue weighted by Crippen LogP contribution is 2.55. The van der Waals surface area contributed by atoms with Gasteiger partial charge in [0.15, 0.2) is 5.70 Å². The molecule has 1 aromatic rings. The van der Waals surface area contributed by atoms with Gasteiger partial charge in [0, 0.05) is 18.3 Å². The van der Waals surface area contributed by atoms with Gasteiger partial charge in [-0.05, 0) is 24.9 Å². The van der Waals surface area contributed by atoms with Gasteiger partial charge in [-0.15, -0.1) is 11.8 Å². The molecule has 6 nitrogen and oxygen atoms in total. The molecular formula is C20H24N2O4S2. The van der Waals surface area contributed by atoms with E-state index in [0.29, 0.717) is 15.9 Å². The Morgan fingerprint density at radius 1 is 1.36 bits per heavy atom. The van der Waals surface area contributed by atoms with E-state index in [1.807, 2.05) is 25.1 Å². The van der Waals surface area contributed by atoms with Crippen molar-refractivity contribution in [2.24, 2.45) is 5.92 Å². The number of benzene rings is 1. The van der Waals surface area contributed by atoms with Crippen LogP contribution in [0.3, 0.4) is 0 Å². The van der Waals surface area contributed by atoms with Gasteiger partial charge in [0.1, 0.15) is 5.37 Å². The summed E-state index contributed by atoms with van der Waals surface area (Å²) >= 11 is 3.01. The summed E-state index contributed by atoms with van der Waals surface area (Å²) in [6.07, 6.45) is 0.769. The number of aliphatic hydroxyl groups is 1. The van der Waals surface area contributed by atoms with E-state index in [4.69, 9.17) is 0 Å². The number of β-lactam (4-membered cyclic amide) rings is 1. The van der Waals surface area contributed by atoms with E-state index < -0.39 is 18.0 Å². The van der Waals surface area contributed by atoms with Gasteiger partial charge in [-0.3, -0.25) is 14.6 Å². The lowest BCUT2D eigenvalue weighted by molar-refractivity contribution is -0.157. The summed E-state index contributed by atoms with van der Waals surface area (Å²) in [5.74, 6) is -1.83. The molecule has 1 unspecified atom stereocenters. The minimum absolute atomic E-state index is 0.103. The van der Waals surface area contributed by atoms with E-state index in [0.717, 1.165) is 26.1 Å². The van der Waals surface area contributed by atoms with E-state index >= 15 is 0 Å². The first-order valence-electron chi connectivity index (χ1n) is 9.58. The summed E-state index contributed by atoms with van der Waals surface area (Å²) in [6.45, 7) is 4.61. The van der Waals surface area contributed by atoms with Crippen molar-refractivity contribution in [3.63, 3.8) is 0 Å². The predicted octanol–water partition coefficient (Wildman–Crippen LogP) is 2.55. The number of carboxylic acids is 1. The number of rotatable bonds is 7. The standard InChI is InChI=1S/C20H24N2O4S2/c1-2-14(23)15-17(24)22-16(19(25)26)20(28-18(15)22)27-13-8-9-21(11-13)10-12-6-4-3-5-7-12/h3-7,13-15,18,23H,2,8-11H2,1H3,(H,25,26)/t13?,14-,15+,18+/m0/s1. The second-order valence-electron chi connectivity index (χ2n) is 7.41. The second-order valence-corrected chi connectivity index (χ2v) is 10.1. The molecule has 1 amide bonds. The molecule has 3 aliphatic rings. The van der Waals surface area contributed by atoms with Crippen LogP contribution in [0.4, 0.5) is 0 Å². The molecule has 2 N–H and O–H groups in total. The first-order valence-corrected chi connectivity index (χ1v) is 11.3. The van der Waals surface area contributed by atoms with Crippen LogP contribution in [0.25, 0.3) is 0 Å². The third-order valence-corrected chi connectivity index (χ3v) is 8.39. The monoisotopic (exact) mass is 420 g/mol. The zero-order chi connectivity index (χ0) is 19.8. The lowest BCUT2D eigenvalue weighted by atomic mass is 9.90. The summed E-state index contributed by atoms with van der Waals surface area (Å²) in [4.78, 5) is 28.0. The first-order chi connectivity index (χ1) is 13.5. The molecule has 3 aliphatic heterocycles. The average Bonchev–Trinajstić information content (AvgIpc) is 3.25. The fourth-order valence-corrected chi connectivity index (χ4v) is 7.34. The van der Waals surface area contributed by atoms with Gasteiger partial charge in [-0.1, -0.05) is 49.0 Å². The number of nitrogens with zero attached hydrogens (tertiary/aromatic N) is 2. The maximum Gasteiger partial charge on any atom is 0.354 e. The number of hydrogen-bond acceptors (Lipinski definition) is 6. The van der Waals surface area contributed by atoms with Crippen LogP contribution in [0.5, 0.6) is 0 Å². The van der Waals surface area contributed by atoms with Crippen LogP contribution >= 0.6 is 23.5 Å². The SMILES string of the molecule is CC[C@H](O)[C@@H]1C(=O)N2C(C(=O)O)=C(SC3CCN(Cc4ccccc4)C3)S[C@H]12. The number of fused-ring (bicyclic) bond motifs is 1. The van der Waals surface area contributed by atoms with Gasteiger partial charge in [-0.25, -0.2) is 4.79 Å². The van der Waals surface area contributed by atoms with Crippen LogP contribution in [0.1, 0.15) is 25.3 Å². The topological polar surface area (TPSA) is 81.1 Å². The third-order valence-electron chi connectivity index (χ3n) is 5.53. The Balaban J connectivity index is 1.42. The molecule has 8 heteroatoms. The van der Waals surface area contributed by atoms with E-state index in [1.165, 1.54) is 22.2 Å². The van der Waals surface area contributed by atoms with Crippen LogP contribution in [-0.4, -0.2) is 61.7 Å². The predicted molar refractivity (Wildman–Crippen MR) is 110 cm³/mol. The Morgan fingerprint density at radius 2 is 2.11 bits per heavy atom. The number of carbonyl (C=O) groups is 2. The summed E-state index contributed by atoms with van der Waals surface area (Å²) in [5.41, 5.74) is 1.38. The van der Waals surface area contributed by atoms with Crippen molar-refractivity contribution in [1.82, 2.24) is 9.80 Å². The molecule has 4 atom stereocenters. The number of likely N-dealkylation sites (tertiary alicyclic amines) is 1. The van der Waals surface area contributed by atoms with Gasteiger partial charge >= 0.3 is 5.97 Å². The molecule has 0 spiro atoms. The Morgan fingerprint density at radius 3 is 2.79 bits per heavy atom. The summed E-state index contributed by atoms with van der Waals surface area (Å²) in [7, 11) is 0. The maximum atomic E-state index is 12.4. The maximum absolute atomic E-state index is 12.4. The van der Waals surface area contributed by atoms with Crippen LogP contribution < -0.4 is 0 Å². The lowest BCUT2D eigenvalue weighted by Gasteiger charge is -2.44. The number of thioether (sulfide) groups is 2. The highest BCUT2D eigenvalue weighted by molar-refractivity contribution is 8.23. The second kappa shape index (κ2) is 8.10. The molecule has 0 radical (unpaired) electrons. The van der Waals surface area contributed by atoms with Crippen molar-refractivity contribution in [2.75, 3.05) is 13.1 Å². The Labute approximate surface area is 173 Å². The molecule has 1 aromatic carbocycles. The number of aliphatic carboxylic acids is 1. The largest absolute Gasteiger partial charge is 0.477 e. The van der Waals surface area contributed by atoms with Crippen LogP contribution in [0, 0.1) is 5.92 Å². The zero-order valence-corrected chi connectivity index (χ0v) is 17.3. The van der Waals surface area contributed by atoms with Crippen molar-refractivity contribution in [3.8, 4) is 0 Å². The van der Waals surface area contributed by atoms with Crippen LogP contribution in [0.2, 0.25) is 0 Å². The molecule has 0 aromatic heterocycles. The molecule has 0 aliphatic carbocycles. The molecule has 0 bridgehead atoms. The number of aliphatic hydroxyl groups excluding tert-OH is 1. The Kier molecular flexibility index (Phi) is 5.73. The minimum atomic E-state index is -1.06. The van der Waals surface area contributed by atoms with Gasteiger partial charge in [0.2, 0.25) is 5.91 Å². The molecule has 4 rings (SSSR count). The first kappa shape index (κ1) is 19.8. The smallest absolute Gasteiger partial charge is 0.354 e. The van der Waals surface area contributed by atoms with E-state index in [9.17, 15) is 19.8 Å². The van der Waals surface area contributed by atoms with Gasteiger partial charge in [-0.2, -0.15) is 0 Å². The molecule has 28 heavy (non-hydrogen) atoms. The minimum Gasteiger partial charge on any atom is -0.477 e. The van der Waals surface area contributed by atoms with E-state index in [-0.39, 0.29) is 17.0 Å². The highest BCUT2D eigenvalue weighted by Gasteiger charge is 2.58. The molecule has 0 saturated carbocycles. The number of hydrogen-bond donors (Lipinski definition) is 2. The van der Waals surface area contributed by atoms with Crippen molar-refractivity contribution in [3.05, 3.63) is 45.8 Å². The summed E-state index contributed by atoms with van der Waals surface area (Å²) in [6, 6.07) is 10.3. The van der Waals surface area contributed by atoms with Crippen molar-refractivity contribution >= 4 is 35.4 Å². The average molecular weight is 421 g/mol. The Hall–Kier alpha value is -1.48. The quantitative estimate of drug-likeness (QED) is 0.656. The van der Waals surface area contributed by atoms with E-state index in [2.05, 4.69) is 17.0 Å². The van der Waals surface area contributed by atoms with Crippen LogP contribution in [-0.2, 0) is 16.1 Å². The van der Waals surface area contributed by atoms with Crippen molar-refractivity contribution < 1.29 is 19.8 Å².